The lowest BCUT2D eigenvalue weighted by Crippen LogP contribution is -1.92. The first-order valence-electron chi connectivity index (χ1n) is 6.31. The lowest BCUT2D eigenvalue weighted by Gasteiger charge is -1.96. The van der Waals surface area contributed by atoms with Gasteiger partial charge in [-0.1, -0.05) is 24.3 Å². The van der Waals surface area contributed by atoms with Gasteiger partial charge in [0.15, 0.2) is 11.5 Å². The van der Waals surface area contributed by atoms with E-state index in [2.05, 4.69) is 4.98 Å². The van der Waals surface area contributed by atoms with Crippen molar-refractivity contribution >= 4 is 12.0 Å². The highest BCUT2D eigenvalue weighted by Crippen LogP contribution is 2.32. The molecule has 3 rings (SSSR count). The number of rotatable bonds is 3. The van der Waals surface area contributed by atoms with E-state index in [9.17, 15) is 4.79 Å². The number of aromatic nitrogens is 1. The monoisotopic (exact) mass is 285 g/mol. The number of H-pyrrole nitrogens is 1. The molecule has 108 valence electrons. The smallest absolute Gasteiger partial charge is 0.328 e. The first-order valence-corrected chi connectivity index (χ1v) is 6.31. The minimum atomic E-state index is -0.963. The topological polar surface area (TPSA) is 71.6 Å². The number of aliphatic carboxylic acids is 1. The van der Waals surface area contributed by atoms with Gasteiger partial charge in [0, 0.05) is 18.5 Å². The Bertz CT molecular complexity index is 613. The molecule has 0 amide bonds. The molecule has 1 aromatic carbocycles. The molecule has 2 aromatic rings. The van der Waals surface area contributed by atoms with Crippen LogP contribution in [0.5, 0.6) is 11.5 Å². The Labute approximate surface area is 122 Å². The second-order valence-corrected chi connectivity index (χ2v) is 4.05. The minimum Gasteiger partial charge on any atom is -0.478 e. The zero-order valence-electron chi connectivity index (χ0n) is 11.2. The molecular formula is C16H15NO4. The number of carboxylic acid groups (broad SMARTS) is 1. The van der Waals surface area contributed by atoms with Crippen molar-refractivity contribution in [1.29, 1.82) is 0 Å². The molecule has 5 nitrogen and oxygen atoms in total. The van der Waals surface area contributed by atoms with Crippen LogP contribution in [0.1, 0.15) is 5.56 Å². The number of ether oxygens (including phenoxy) is 2. The van der Waals surface area contributed by atoms with Crippen LogP contribution in [0, 0.1) is 0 Å². The van der Waals surface area contributed by atoms with Crippen molar-refractivity contribution in [3.05, 3.63) is 66.5 Å². The van der Waals surface area contributed by atoms with E-state index in [1.807, 2.05) is 42.7 Å². The zero-order chi connectivity index (χ0) is 14.9. The van der Waals surface area contributed by atoms with Gasteiger partial charge in [-0.25, -0.2) is 4.79 Å². The largest absolute Gasteiger partial charge is 0.478 e. The second kappa shape index (κ2) is 7.59. The molecular weight excluding hydrogens is 270 g/mol. The van der Waals surface area contributed by atoms with Gasteiger partial charge >= 0.3 is 5.97 Å². The third-order valence-corrected chi connectivity index (χ3v) is 2.53. The number of carboxylic acids is 1. The molecule has 1 aromatic heterocycles. The average Bonchev–Trinajstić information content (AvgIpc) is 3.16. The molecule has 2 N–H and O–H groups in total. The standard InChI is InChI=1S/C12H10O4.C4H5N/c13-12(14)4-2-1-3-9-5-6-10-11(7-9)16-8-15-10;1-2-4-5-3-1/h1-7H,8H2,(H,13,14);1-5H. The van der Waals surface area contributed by atoms with Gasteiger partial charge in [0.2, 0.25) is 6.79 Å². The third kappa shape index (κ3) is 4.91. The molecule has 1 aliphatic rings. The number of allylic oxidation sites excluding steroid dienone is 2. The van der Waals surface area contributed by atoms with E-state index >= 15 is 0 Å². The quantitative estimate of drug-likeness (QED) is 0.671. The average molecular weight is 285 g/mol. The van der Waals surface area contributed by atoms with Crippen molar-refractivity contribution in [3.8, 4) is 11.5 Å². The molecule has 1 aliphatic heterocycles. The first-order chi connectivity index (χ1) is 10.3. The van der Waals surface area contributed by atoms with E-state index < -0.39 is 5.97 Å². The highest BCUT2D eigenvalue weighted by atomic mass is 16.7. The maximum atomic E-state index is 10.2. The van der Waals surface area contributed by atoms with Crippen molar-refractivity contribution in [1.82, 2.24) is 4.98 Å². The van der Waals surface area contributed by atoms with Crippen LogP contribution in [0.3, 0.4) is 0 Å². The van der Waals surface area contributed by atoms with Crippen LogP contribution in [0.15, 0.2) is 61.0 Å². The van der Waals surface area contributed by atoms with Crippen LogP contribution in [-0.4, -0.2) is 22.9 Å². The Balaban J connectivity index is 0.000000272. The van der Waals surface area contributed by atoms with Crippen molar-refractivity contribution in [2.24, 2.45) is 0 Å². The minimum absolute atomic E-state index is 0.251. The fraction of sp³-hybridized carbons (Fsp3) is 0.0625. The molecule has 0 fully saturated rings. The summed E-state index contributed by atoms with van der Waals surface area (Å²) >= 11 is 0. The zero-order valence-corrected chi connectivity index (χ0v) is 11.2. The Kier molecular flexibility index (Phi) is 5.23. The van der Waals surface area contributed by atoms with Crippen LogP contribution in [0.25, 0.3) is 6.08 Å². The fourth-order valence-corrected chi connectivity index (χ4v) is 1.60. The summed E-state index contributed by atoms with van der Waals surface area (Å²) in [5.74, 6) is 0.484. The maximum Gasteiger partial charge on any atom is 0.328 e. The van der Waals surface area contributed by atoms with Crippen LogP contribution in [-0.2, 0) is 4.79 Å². The maximum absolute atomic E-state index is 10.2. The summed E-state index contributed by atoms with van der Waals surface area (Å²) in [6.07, 6.45) is 9.74. The Hall–Kier alpha value is -2.95. The molecule has 0 atom stereocenters. The highest BCUT2D eigenvalue weighted by molar-refractivity contribution is 5.80. The number of hydrogen-bond donors (Lipinski definition) is 2. The van der Waals surface area contributed by atoms with Gasteiger partial charge in [0.1, 0.15) is 0 Å². The van der Waals surface area contributed by atoms with Gasteiger partial charge in [-0.15, -0.1) is 0 Å². The molecule has 0 saturated carbocycles. The number of benzene rings is 1. The van der Waals surface area contributed by atoms with Crippen LogP contribution < -0.4 is 9.47 Å². The van der Waals surface area contributed by atoms with Crippen molar-refractivity contribution in [2.75, 3.05) is 6.79 Å². The summed E-state index contributed by atoms with van der Waals surface area (Å²) in [7, 11) is 0. The first kappa shape index (κ1) is 14.5. The van der Waals surface area contributed by atoms with Gasteiger partial charge in [-0.3, -0.25) is 0 Å². The van der Waals surface area contributed by atoms with E-state index in [0.29, 0.717) is 5.75 Å². The van der Waals surface area contributed by atoms with Gasteiger partial charge in [-0.05, 0) is 29.8 Å². The third-order valence-electron chi connectivity index (χ3n) is 2.53. The second-order valence-electron chi connectivity index (χ2n) is 4.05. The lowest BCUT2D eigenvalue weighted by atomic mass is 10.2. The van der Waals surface area contributed by atoms with Gasteiger partial charge in [0.05, 0.1) is 0 Å². The summed E-state index contributed by atoms with van der Waals surface area (Å²) in [5.41, 5.74) is 0.930. The lowest BCUT2D eigenvalue weighted by molar-refractivity contribution is -0.131. The van der Waals surface area contributed by atoms with Gasteiger partial charge < -0.3 is 19.6 Å². The number of nitrogens with one attached hydrogen (secondary N) is 1. The number of aromatic amines is 1. The molecule has 5 heteroatoms. The normalized spacial score (nSPS) is 12.4. The van der Waals surface area contributed by atoms with Crippen LogP contribution in [0.2, 0.25) is 0 Å². The Morgan fingerprint density at radius 2 is 1.90 bits per heavy atom. The SMILES string of the molecule is O=C(O)C=CC=Cc1ccc2c(c1)OCO2.c1cc[nH]c1. The summed E-state index contributed by atoms with van der Waals surface area (Å²) in [5, 5.41) is 8.38. The van der Waals surface area contributed by atoms with E-state index in [4.69, 9.17) is 14.6 Å². The number of carbonyl (C=O) groups is 1. The molecule has 0 radical (unpaired) electrons. The van der Waals surface area contributed by atoms with Gasteiger partial charge in [0.25, 0.3) is 0 Å². The predicted octanol–water partition coefficient (Wildman–Crippen LogP) is 3.08. The van der Waals surface area contributed by atoms with Crippen molar-refractivity contribution in [3.63, 3.8) is 0 Å². The summed E-state index contributed by atoms with van der Waals surface area (Å²) in [6.45, 7) is 0.251. The number of hydrogen-bond acceptors (Lipinski definition) is 3. The Morgan fingerprint density at radius 3 is 2.57 bits per heavy atom. The predicted molar refractivity (Wildman–Crippen MR) is 79.2 cm³/mol. The molecule has 2 heterocycles. The molecule has 0 spiro atoms. The van der Waals surface area contributed by atoms with E-state index in [1.165, 1.54) is 6.08 Å². The van der Waals surface area contributed by atoms with E-state index in [0.717, 1.165) is 17.4 Å². The molecule has 0 aliphatic carbocycles. The molecule has 0 unspecified atom stereocenters. The fourth-order valence-electron chi connectivity index (χ4n) is 1.60. The van der Waals surface area contributed by atoms with Crippen LogP contribution in [0.4, 0.5) is 0 Å². The number of fused-ring (bicyclic) bond motifs is 1. The van der Waals surface area contributed by atoms with Gasteiger partial charge in [-0.2, -0.15) is 0 Å². The van der Waals surface area contributed by atoms with Crippen molar-refractivity contribution in [2.45, 2.75) is 0 Å². The van der Waals surface area contributed by atoms with E-state index in [-0.39, 0.29) is 6.79 Å². The molecule has 0 saturated heterocycles. The van der Waals surface area contributed by atoms with Crippen LogP contribution >= 0.6 is 0 Å². The van der Waals surface area contributed by atoms with Crippen molar-refractivity contribution < 1.29 is 19.4 Å². The Morgan fingerprint density at radius 1 is 1.14 bits per heavy atom. The summed E-state index contributed by atoms with van der Waals surface area (Å²) in [6, 6.07) is 9.43. The summed E-state index contributed by atoms with van der Waals surface area (Å²) in [4.78, 5) is 13.1. The highest BCUT2D eigenvalue weighted by Gasteiger charge is 2.11. The summed E-state index contributed by atoms with van der Waals surface area (Å²) < 4.78 is 10.4. The molecule has 21 heavy (non-hydrogen) atoms. The van der Waals surface area contributed by atoms with E-state index in [1.54, 1.807) is 12.2 Å². The molecule has 0 bridgehead atoms.